The minimum absolute atomic E-state index is 0.148. The predicted molar refractivity (Wildman–Crippen MR) is 55.9 cm³/mol. The molecule has 2 rings (SSSR count). The first kappa shape index (κ1) is 9.13. The minimum atomic E-state index is 0.148. The van der Waals surface area contributed by atoms with E-state index in [4.69, 9.17) is 9.47 Å². The highest BCUT2D eigenvalue weighted by Crippen LogP contribution is 2.34. The highest BCUT2D eigenvalue weighted by Gasteiger charge is 2.19. The lowest BCUT2D eigenvalue weighted by Gasteiger charge is -2.24. The Bertz CT molecular complexity index is 344. The molecule has 0 saturated heterocycles. The van der Waals surface area contributed by atoms with Gasteiger partial charge in [0.1, 0.15) is 17.6 Å². The van der Waals surface area contributed by atoms with Gasteiger partial charge in [0.2, 0.25) is 0 Å². The molecule has 14 heavy (non-hydrogen) atoms. The molecule has 0 amide bonds. The first-order valence-corrected chi connectivity index (χ1v) is 4.80. The van der Waals surface area contributed by atoms with E-state index in [1.807, 2.05) is 24.3 Å². The van der Waals surface area contributed by atoms with Gasteiger partial charge in [-0.2, -0.15) is 0 Å². The molecule has 2 nitrogen and oxygen atoms in total. The Labute approximate surface area is 84.2 Å². The van der Waals surface area contributed by atoms with E-state index in [-0.39, 0.29) is 6.10 Å². The number of benzene rings is 1. The number of hydrogen-bond acceptors (Lipinski definition) is 2. The summed E-state index contributed by atoms with van der Waals surface area (Å²) in [6.07, 6.45) is 3.98. The molecule has 0 radical (unpaired) electrons. The average Bonchev–Trinajstić information content (AvgIpc) is 2.27. The van der Waals surface area contributed by atoms with Crippen LogP contribution in [-0.4, -0.2) is 13.2 Å². The van der Waals surface area contributed by atoms with Crippen LogP contribution >= 0.6 is 0 Å². The van der Waals surface area contributed by atoms with Crippen LogP contribution in [-0.2, 0) is 6.42 Å². The largest absolute Gasteiger partial charge is 0.496 e. The zero-order chi connectivity index (χ0) is 9.97. The van der Waals surface area contributed by atoms with Gasteiger partial charge in [-0.25, -0.2) is 0 Å². The summed E-state index contributed by atoms with van der Waals surface area (Å²) in [4.78, 5) is 0. The van der Waals surface area contributed by atoms with Crippen molar-refractivity contribution in [3.8, 4) is 11.5 Å². The fourth-order valence-electron chi connectivity index (χ4n) is 1.77. The van der Waals surface area contributed by atoms with Gasteiger partial charge in [0.25, 0.3) is 0 Å². The SMILES string of the molecule is C=CC1CCc2c(OC)cccc2O1. The molecule has 1 aliphatic rings. The Morgan fingerprint density at radius 3 is 3.14 bits per heavy atom. The van der Waals surface area contributed by atoms with Gasteiger partial charge in [0.15, 0.2) is 0 Å². The summed E-state index contributed by atoms with van der Waals surface area (Å²) >= 11 is 0. The molecule has 0 aromatic heterocycles. The van der Waals surface area contributed by atoms with Crippen LogP contribution in [0.5, 0.6) is 11.5 Å². The third-order valence-corrected chi connectivity index (χ3v) is 2.53. The molecule has 0 N–H and O–H groups in total. The van der Waals surface area contributed by atoms with Gasteiger partial charge in [-0.3, -0.25) is 0 Å². The maximum Gasteiger partial charge on any atom is 0.127 e. The molecule has 2 heteroatoms. The van der Waals surface area contributed by atoms with Crippen LogP contribution < -0.4 is 9.47 Å². The summed E-state index contributed by atoms with van der Waals surface area (Å²) in [5, 5.41) is 0. The number of hydrogen-bond donors (Lipinski definition) is 0. The molecule has 1 unspecified atom stereocenters. The van der Waals surface area contributed by atoms with Crippen molar-refractivity contribution in [2.24, 2.45) is 0 Å². The molecule has 1 atom stereocenters. The monoisotopic (exact) mass is 190 g/mol. The van der Waals surface area contributed by atoms with Gasteiger partial charge in [-0.1, -0.05) is 18.7 Å². The van der Waals surface area contributed by atoms with Crippen molar-refractivity contribution in [1.82, 2.24) is 0 Å². The number of rotatable bonds is 2. The summed E-state index contributed by atoms with van der Waals surface area (Å²) in [5.41, 5.74) is 1.17. The van der Waals surface area contributed by atoms with Crippen LogP contribution in [0.2, 0.25) is 0 Å². The number of methoxy groups -OCH3 is 1. The second kappa shape index (κ2) is 3.74. The zero-order valence-corrected chi connectivity index (χ0v) is 8.32. The normalized spacial score (nSPS) is 19.4. The number of ether oxygens (including phenoxy) is 2. The zero-order valence-electron chi connectivity index (χ0n) is 8.32. The van der Waals surface area contributed by atoms with E-state index in [0.717, 1.165) is 24.3 Å². The molecule has 1 heterocycles. The van der Waals surface area contributed by atoms with E-state index >= 15 is 0 Å². The highest BCUT2D eigenvalue weighted by molar-refractivity contribution is 5.46. The van der Waals surface area contributed by atoms with E-state index in [9.17, 15) is 0 Å². The molecule has 0 aliphatic carbocycles. The molecule has 0 spiro atoms. The van der Waals surface area contributed by atoms with Crippen LogP contribution in [0.25, 0.3) is 0 Å². The molecule has 74 valence electrons. The van der Waals surface area contributed by atoms with Crippen molar-refractivity contribution in [1.29, 1.82) is 0 Å². The maximum atomic E-state index is 5.73. The van der Waals surface area contributed by atoms with E-state index in [0.29, 0.717) is 0 Å². The second-order valence-corrected chi connectivity index (χ2v) is 3.37. The summed E-state index contributed by atoms with van der Waals surface area (Å²) < 4.78 is 11.0. The molecule has 1 aromatic rings. The lowest BCUT2D eigenvalue weighted by molar-refractivity contribution is 0.216. The Hall–Kier alpha value is -1.44. The van der Waals surface area contributed by atoms with Crippen LogP contribution in [0.15, 0.2) is 30.9 Å². The van der Waals surface area contributed by atoms with Crippen LogP contribution in [0.4, 0.5) is 0 Å². The molecular formula is C12H14O2. The fraction of sp³-hybridized carbons (Fsp3) is 0.333. The molecule has 1 aliphatic heterocycles. The Morgan fingerprint density at radius 1 is 1.57 bits per heavy atom. The summed E-state index contributed by atoms with van der Waals surface area (Å²) in [6, 6.07) is 5.90. The van der Waals surface area contributed by atoms with Crippen LogP contribution in [0.1, 0.15) is 12.0 Å². The summed E-state index contributed by atoms with van der Waals surface area (Å²) in [6.45, 7) is 3.74. The second-order valence-electron chi connectivity index (χ2n) is 3.37. The minimum Gasteiger partial charge on any atom is -0.496 e. The quantitative estimate of drug-likeness (QED) is 0.667. The topological polar surface area (TPSA) is 18.5 Å². The Kier molecular flexibility index (Phi) is 2.44. The van der Waals surface area contributed by atoms with E-state index in [1.165, 1.54) is 5.56 Å². The molecule has 0 fully saturated rings. The highest BCUT2D eigenvalue weighted by atomic mass is 16.5. The van der Waals surface area contributed by atoms with Crippen LogP contribution in [0.3, 0.4) is 0 Å². The first-order valence-electron chi connectivity index (χ1n) is 4.80. The smallest absolute Gasteiger partial charge is 0.127 e. The first-order chi connectivity index (χ1) is 6.85. The van der Waals surface area contributed by atoms with Gasteiger partial charge >= 0.3 is 0 Å². The fourth-order valence-corrected chi connectivity index (χ4v) is 1.77. The maximum absolute atomic E-state index is 5.73. The van der Waals surface area contributed by atoms with Gasteiger partial charge in [-0.15, -0.1) is 0 Å². The van der Waals surface area contributed by atoms with E-state index in [1.54, 1.807) is 7.11 Å². The van der Waals surface area contributed by atoms with Gasteiger partial charge < -0.3 is 9.47 Å². The average molecular weight is 190 g/mol. The lowest BCUT2D eigenvalue weighted by atomic mass is 10.0. The van der Waals surface area contributed by atoms with Crippen molar-refractivity contribution in [3.05, 3.63) is 36.4 Å². The Balaban J connectivity index is 2.35. The lowest BCUT2D eigenvalue weighted by Crippen LogP contribution is -2.20. The van der Waals surface area contributed by atoms with Crippen LogP contribution in [0, 0.1) is 0 Å². The van der Waals surface area contributed by atoms with Crippen molar-refractivity contribution in [2.75, 3.05) is 7.11 Å². The predicted octanol–water partition coefficient (Wildman–Crippen LogP) is 2.57. The molecule has 0 saturated carbocycles. The molecule has 0 bridgehead atoms. The molecule has 1 aromatic carbocycles. The molecular weight excluding hydrogens is 176 g/mol. The van der Waals surface area contributed by atoms with E-state index in [2.05, 4.69) is 6.58 Å². The van der Waals surface area contributed by atoms with Crippen molar-refractivity contribution in [2.45, 2.75) is 18.9 Å². The Morgan fingerprint density at radius 2 is 2.43 bits per heavy atom. The van der Waals surface area contributed by atoms with Gasteiger partial charge in [0.05, 0.1) is 7.11 Å². The third kappa shape index (κ3) is 1.48. The van der Waals surface area contributed by atoms with Gasteiger partial charge in [-0.05, 0) is 25.0 Å². The third-order valence-electron chi connectivity index (χ3n) is 2.53. The number of fused-ring (bicyclic) bond motifs is 1. The standard InChI is InChI=1S/C12H14O2/c1-3-9-7-8-10-11(13-2)5-4-6-12(10)14-9/h3-6,9H,1,7-8H2,2H3. The summed E-state index contributed by atoms with van der Waals surface area (Å²) in [7, 11) is 1.69. The van der Waals surface area contributed by atoms with Crippen molar-refractivity contribution in [3.63, 3.8) is 0 Å². The van der Waals surface area contributed by atoms with Crippen molar-refractivity contribution >= 4 is 0 Å². The van der Waals surface area contributed by atoms with E-state index < -0.39 is 0 Å². The van der Waals surface area contributed by atoms with Gasteiger partial charge in [0, 0.05) is 5.56 Å². The summed E-state index contributed by atoms with van der Waals surface area (Å²) in [5.74, 6) is 1.85. The van der Waals surface area contributed by atoms with Crippen molar-refractivity contribution < 1.29 is 9.47 Å².